The van der Waals surface area contributed by atoms with Gasteiger partial charge in [0, 0.05) is 55.6 Å². The fourth-order valence-corrected chi connectivity index (χ4v) is 4.14. The maximum absolute atomic E-state index is 10.6. The van der Waals surface area contributed by atoms with Crippen molar-refractivity contribution in [3.8, 4) is 0 Å². The predicted octanol–water partition coefficient (Wildman–Crippen LogP) is 4.32. The van der Waals surface area contributed by atoms with E-state index in [1.54, 1.807) is 0 Å². The summed E-state index contributed by atoms with van der Waals surface area (Å²) in [5.41, 5.74) is 13.7. The van der Waals surface area contributed by atoms with Crippen molar-refractivity contribution in [1.29, 1.82) is 5.41 Å². The zero-order valence-electron chi connectivity index (χ0n) is 20.0. The second-order valence-electron chi connectivity index (χ2n) is 8.51. The van der Waals surface area contributed by atoms with E-state index in [9.17, 15) is 5.11 Å². The molecule has 2 aromatic rings. The molecular weight excluding hydrogens is 410 g/mol. The van der Waals surface area contributed by atoms with Crippen LogP contribution in [-0.2, 0) is 0 Å². The third-order valence-corrected chi connectivity index (χ3v) is 6.28. The number of anilines is 1. The molecule has 0 spiro atoms. The van der Waals surface area contributed by atoms with Crippen molar-refractivity contribution in [3.05, 3.63) is 89.1 Å². The molecule has 6 heteroatoms. The summed E-state index contributed by atoms with van der Waals surface area (Å²) in [6, 6.07) is 15.8. The Balaban J connectivity index is 1.93. The molecular formula is C27H35N5O. The third-order valence-electron chi connectivity index (χ3n) is 6.28. The van der Waals surface area contributed by atoms with E-state index >= 15 is 0 Å². The summed E-state index contributed by atoms with van der Waals surface area (Å²) in [5, 5.41) is 21.9. The van der Waals surface area contributed by atoms with Gasteiger partial charge in [0.1, 0.15) is 12.4 Å². The van der Waals surface area contributed by atoms with Gasteiger partial charge >= 0.3 is 0 Å². The smallest absolute Gasteiger partial charge is 0.134 e. The average molecular weight is 446 g/mol. The lowest BCUT2D eigenvalue weighted by molar-refractivity contribution is 0.122. The van der Waals surface area contributed by atoms with Crippen LogP contribution in [0.3, 0.4) is 0 Å². The second kappa shape index (κ2) is 10.5. The molecule has 0 radical (unpaired) electrons. The van der Waals surface area contributed by atoms with Gasteiger partial charge < -0.3 is 26.0 Å². The zero-order valence-corrected chi connectivity index (χ0v) is 20.0. The number of benzene rings is 2. The molecule has 0 saturated heterocycles. The minimum atomic E-state index is -0.837. The molecule has 1 heterocycles. The van der Waals surface area contributed by atoms with Crippen molar-refractivity contribution in [2.45, 2.75) is 32.2 Å². The average Bonchev–Trinajstić information content (AvgIpc) is 2.83. The van der Waals surface area contributed by atoms with E-state index in [0.717, 1.165) is 40.9 Å². The Kier molecular flexibility index (Phi) is 7.74. The summed E-state index contributed by atoms with van der Waals surface area (Å²) in [6.45, 7) is 6.17. The van der Waals surface area contributed by atoms with E-state index < -0.39 is 12.4 Å². The summed E-state index contributed by atoms with van der Waals surface area (Å²) in [5.74, 6) is 0. The largest absolute Gasteiger partial charge is 0.398 e. The van der Waals surface area contributed by atoms with Gasteiger partial charge in [-0.25, -0.2) is 0 Å². The topological polar surface area (TPSA) is 88.6 Å². The Morgan fingerprint density at radius 3 is 2.55 bits per heavy atom. The van der Waals surface area contributed by atoms with E-state index in [1.807, 2.05) is 74.3 Å². The number of allylic oxidation sites excluding steroid dienone is 3. The predicted molar refractivity (Wildman–Crippen MR) is 139 cm³/mol. The summed E-state index contributed by atoms with van der Waals surface area (Å²) in [6.07, 6.45) is 3.89. The van der Waals surface area contributed by atoms with Crippen LogP contribution in [0.2, 0.25) is 0 Å². The number of aliphatic hydroxyl groups excluding tert-OH is 1. The Labute approximate surface area is 197 Å². The van der Waals surface area contributed by atoms with Gasteiger partial charge in [0.15, 0.2) is 0 Å². The van der Waals surface area contributed by atoms with E-state index in [2.05, 4.69) is 30.1 Å². The molecule has 0 amide bonds. The number of likely N-dealkylation sites (N-methyl/N-ethyl adjacent to an activating group) is 1. The number of nitrogens with zero attached hydrogens (tertiary/aromatic N) is 2. The van der Waals surface area contributed by atoms with Crippen molar-refractivity contribution in [3.63, 3.8) is 0 Å². The summed E-state index contributed by atoms with van der Waals surface area (Å²) < 4.78 is 0. The van der Waals surface area contributed by atoms with Gasteiger partial charge in [-0.3, -0.25) is 5.32 Å². The monoisotopic (exact) mass is 445 g/mol. The fraction of sp³-hybridized carbons (Fsp3) is 0.296. The lowest BCUT2D eigenvalue weighted by Gasteiger charge is -2.40. The number of para-hydroxylation sites is 1. The van der Waals surface area contributed by atoms with Gasteiger partial charge in [0.25, 0.3) is 0 Å². The highest BCUT2D eigenvalue weighted by atomic mass is 16.3. The summed E-state index contributed by atoms with van der Waals surface area (Å²) in [7, 11) is 5.95. The van der Waals surface area contributed by atoms with Gasteiger partial charge in [-0.1, -0.05) is 49.1 Å². The van der Waals surface area contributed by atoms with Crippen LogP contribution in [0, 0.1) is 5.41 Å². The number of nitrogens with one attached hydrogen (secondary N) is 2. The molecule has 0 saturated carbocycles. The van der Waals surface area contributed by atoms with Gasteiger partial charge in [0.2, 0.25) is 0 Å². The molecule has 2 aromatic carbocycles. The van der Waals surface area contributed by atoms with Crippen LogP contribution < -0.4 is 16.0 Å². The normalized spacial score (nSPS) is 18.9. The summed E-state index contributed by atoms with van der Waals surface area (Å²) >= 11 is 0. The number of fused-ring (bicyclic) bond motifs is 1. The van der Waals surface area contributed by atoms with Crippen LogP contribution in [0.1, 0.15) is 42.7 Å². The molecule has 174 valence electrons. The van der Waals surface area contributed by atoms with Gasteiger partial charge in [-0.15, -0.1) is 0 Å². The van der Waals surface area contributed by atoms with E-state index in [4.69, 9.17) is 11.1 Å². The highest BCUT2D eigenvalue weighted by molar-refractivity contribution is 5.91. The van der Waals surface area contributed by atoms with E-state index in [-0.39, 0.29) is 0 Å². The molecule has 5 N–H and O–H groups in total. The van der Waals surface area contributed by atoms with Crippen LogP contribution in [0.4, 0.5) is 5.69 Å². The highest BCUT2D eigenvalue weighted by Gasteiger charge is 2.31. The van der Waals surface area contributed by atoms with Crippen LogP contribution in [0.5, 0.6) is 0 Å². The van der Waals surface area contributed by atoms with Gasteiger partial charge in [0.05, 0.1) is 0 Å². The maximum atomic E-state index is 10.6. The molecule has 0 bridgehead atoms. The van der Waals surface area contributed by atoms with Crippen molar-refractivity contribution in [2.75, 3.05) is 26.0 Å². The second-order valence-corrected chi connectivity index (χ2v) is 8.51. The number of hydrogen-bond acceptors (Lipinski definition) is 6. The number of hydrogen-bond donors (Lipinski definition) is 4. The number of aliphatic hydroxyl groups is 1. The van der Waals surface area contributed by atoms with Crippen molar-refractivity contribution in [1.82, 2.24) is 10.2 Å². The highest BCUT2D eigenvalue weighted by Crippen LogP contribution is 2.33. The first kappa shape index (κ1) is 24.3. The first-order valence-corrected chi connectivity index (χ1v) is 11.2. The van der Waals surface area contributed by atoms with Crippen LogP contribution >= 0.6 is 0 Å². The quantitative estimate of drug-likeness (QED) is 0.455. The molecule has 2 unspecified atom stereocenters. The molecule has 0 fully saturated rings. The van der Waals surface area contributed by atoms with Gasteiger partial charge in [-0.05, 0) is 48.6 Å². The Morgan fingerprint density at radius 2 is 1.88 bits per heavy atom. The van der Waals surface area contributed by atoms with Crippen molar-refractivity contribution in [2.24, 2.45) is 5.73 Å². The van der Waals surface area contributed by atoms with Gasteiger partial charge in [-0.2, -0.15) is 0 Å². The molecule has 1 aliphatic rings. The standard InChI is InChI=1S/C27H35N5O/c1-6-19(15-14-18(2)31(3)4)20-10-9-11-21(16-20)25(29)23(17-28)26-30-27(33)22-12-7-8-13-24(22)32(26)5/h6-13,16-17,26-28,30,33H,2,14-15,29H2,1,3-5H3/b19-6+,25-23?,28-17?. The van der Waals surface area contributed by atoms with Crippen LogP contribution in [0.15, 0.2) is 72.5 Å². The zero-order chi connectivity index (χ0) is 24.1. The lowest BCUT2D eigenvalue weighted by atomic mass is 9.95. The SMILES string of the molecule is C=C(CC/C(=C\C)c1cccc(C(N)=C(C=N)C2NC(O)c3ccccc3N2C)c1)N(C)C. The molecule has 6 nitrogen and oxygen atoms in total. The third kappa shape index (κ3) is 5.18. The summed E-state index contributed by atoms with van der Waals surface area (Å²) in [4.78, 5) is 4.05. The first-order valence-electron chi connectivity index (χ1n) is 11.2. The molecule has 1 aliphatic heterocycles. The molecule has 0 aromatic heterocycles. The minimum Gasteiger partial charge on any atom is -0.398 e. The maximum Gasteiger partial charge on any atom is 0.134 e. The lowest BCUT2D eigenvalue weighted by Crippen LogP contribution is -2.51. The van der Waals surface area contributed by atoms with Crippen LogP contribution in [-0.4, -0.2) is 43.5 Å². The van der Waals surface area contributed by atoms with E-state index in [1.165, 1.54) is 11.8 Å². The Hall–Kier alpha value is -3.35. The van der Waals surface area contributed by atoms with Crippen molar-refractivity contribution >= 4 is 23.2 Å². The molecule has 2 atom stereocenters. The minimum absolute atomic E-state index is 0.430. The first-order chi connectivity index (χ1) is 15.8. The van der Waals surface area contributed by atoms with E-state index in [0.29, 0.717) is 11.3 Å². The fourth-order valence-electron chi connectivity index (χ4n) is 4.14. The number of rotatable bonds is 8. The van der Waals surface area contributed by atoms with Crippen molar-refractivity contribution < 1.29 is 5.11 Å². The molecule has 0 aliphatic carbocycles. The Morgan fingerprint density at radius 1 is 1.18 bits per heavy atom. The Bertz CT molecular complexity index is 1090. The molecule has 33 heavy (non-hydrogen) atoms. The van der Waals surface area contributed by atoms with Crippen LogP contribution in [0.25, 0.3) is 11.3 Å². The molecule has 3 rings (SSSR count). The number of nitrogens with two attached hydrogens (primary N) is 1.